The summed E-state index contributed by atoms with van der Waals surface area (Å²) >= 11 is 0. The van der Waals surface area contributed by atoms with Crippen LogP contribution in [0.15, 0.2) is 18.3 Å². The first-order valence-corrected chi connectivity index (χ1v) is 11.0. The third kappa shape index (κ3) is 4.21. The largest absolute Gasteiger partial charge is 0.419 e. The van der Waals surface area contributed by atoms with E-state index in [9.17, 15) is 22.0 Å². The van der Waals surface area contributed by atoms with Gasteiger partial charge in [0.1, 0.15) is 5.82 Å². The molecule has 2 fully saturated rings. The van der Waals surface area contributed by atoms with Crippen LogP contribution in [0.4, 0.5) is 27.8 Å². The Hall–Kier alpha value is -2.23. The first-order valence-electron chi connectivity index (χ1n) is 11.0. The fourth-order valence-corrected chi connectivity index (χ4v) is 5.32. The number of aromatic nitrogens is 3. The van der Waals surface area contributed by atoms with E-state index in [0.29, 0.717) is 24.1 Å². The second-order valence-electron chi connectivity index (χ2n) is 9.10. The molecule has 0 amide bonds. The number of fused-ring (bicyclic) bond motifs is 1. The van der Waals surface area contributed by atoms with Crippen molar-refractivity contribution >= 4 is 5.82 Å². The lowest BCUT2D eigenvalue weighted by atomic mass is 10.0. The molecule has 2 aliphatic carbocycles. The van der Waals surface area contributed by atoms with Crippen molar-refractivity contribution < 1.29 is 22.0 Å². The number of nitrogens with zero attached hydrogens (tertiary/aromatic N) is 4. The maximum Gasteiger partial charge on any atom is 0.419 e. The molecule has 4 rings (SSSR count). The summed E-state index contributed by atoms with van der Waals surface area (Å²) in [5.74, 6) is 0.480. The summed E-state index contributed by atoms with van der Waals surface area (Å²) in [4.78, 5) is 5.59. The highest BCUT2D eigenvalue weighted by atomic mass is 19.4. The van der Waals surface area contributed by atoms with Crippen LogP contribution in [0.5, 0.6) is 0 Å². The Labute approximate surface area is 183 Å². The van der Waals surface area contributed by atoms with E-state index in [1.807, 2.05) is 36.4 Å². The smallest absolute Gasteiger partial charge is 0.383 e. The Morgan fingerprint density at radius 1 is 1.19 bits per heavy atom. The summed E-state index contributed by atoms with van der Waals surface area (Å²) in [5.41, 5.74) is 6.15. The van der Waals surface area contributed by atoms with E-state index in [0.717, 1.165) is 24.6 Å². The Morgan fingerprint density at radius 2 is 1.84 bits per heavy atom. The van der Waals surface area contributed by atoms with Crippen molar-refractivity contribution in [2.75, 3.05) is 18.8 Å². The quantitative estimate of drug-likeness (QED) is 0.580. The zero-order chi connectivity index (χ0) is 23.4. The van der Waals surface area contributed by atoms with E-state index in [2.05, 4.69) is 10.1 Å². The lowest BCUT2D eigenvalue weighted by Crippen LogP contribution is -2.38. The molecule has 2 N–H and O–H groups in total. The number of hydrogen-bond acceptors (Lipinski definition) is 4. The van der Waals surface area contributed by atoms with Crippen LogP contribution in [0.2, 0.25) is 0 Å². The van der Waals surface area contributed by atoms with Gasteiger partial charge in [-0.3, -0.25) is 9.58 Å². The number of rotatable bonds is 7. The summed E-state index contributed by atoms with van der Waals surface area (Å²) in [7, 11) is 0. The third-order valence-corrected chi connectivity index (χ3v) is 6.83. The Balaban J connectivity index is 1.57. The summed E-state index contributed by atoms with van der Waals surface area (Å²) in [6.45, 7) is 6.25. The van der Waals surface area contributed by atoms with Gasteiger partial charge in [0.25, 0.3) is 6.43 Å². The van der Waals surface area contributed by atoms with Crippen LogP contribution in [-0.4, -0.2) is 45.2 Å². The van der Waals surface area contributed by atoms with Crippen LogP contribution >= 0.6 is 0 Å². The highest BCUT2D eigenvalue weighted by Gasteiger charge is 2.58. The predicted octanol–water partition coefficient (Wildman–Crippen LogP) is 5.21. The zero-order valence-electron chi connectivity index (χ0n) is 18.3. The first-order chi connectivity index (χ1) is 15.0. The molecule has 0 spiro atoms. The van der Waals surface area contributed by atoms with Gasteiger partial charge in [-0.25, -0.2) is 13.8 Å². The molecule has 5 nitrogen and oxygen atoms in total. The number of nitrogens with two attached hydrogens (primary N) is 1. The highest BCUT2D eigenvalue weighted by Crippen LogP contribution is 2.64. The molecule has 176 valence electrons. The van der Waals surface area contributed by atoms with Crippen molar-refractivity contribution in [3.05, 3.63) is 29.6 Å². The van der Waals surface area contributed by atoms with Crippen molar-refractivity contribution in [2.24, 2.45) is 11.8 Å². The molecule has 2 aliphatic rings. The van der Waals surface area contributed by atoms with Crippen LogP contribution < -0.4 is 5.73 Å². The topological polar surface area (TPSA) is 60.0 Å². The van der Waals surface area contributed by atoms with Crippen LogP contribution in [0.25, 0.3) is 11.3 Å². The van der Waals surface area contributed by atoms with Crippen molar-refractivity contribution in [3.8, 4) is 11.3 Å². The van der Waals surface area contributed by atoms with E-state index in [1.165, 1.54) is 6.20 Å². The molecule has 0 saturated heterocycles. The first kappa shape index (κ1) is 22.9. The van der Waals surface area contributed by atoms with E-state index >= 15 is 0 Å². The molecule has 4 atom stereocenters. The zero-order valence-corrected chi connectivity index (χ0v) is 18.3. The maximum absolute atomic E-state index is 13.3. The van der Waals surface area contributed by atoms with Crippen molar-refractivity contribution in [1.29, 1.82) is 0 Å². The van der Waals surface area contributed by atoms with Gasteiger partial charge in [-0.05, 0) is 57.2 Å². The molecule has 0 aliphatic heterocycles. The molecule has 2 heterocycles. The molecular weight excluding hydrogens is 429 g/mol. The summed E-state index contributed by atoms with van der Waals surface area (Å²) in [6.07, 6.45) is -3.91. The van der Waals surface area contributed by atoms with Gasteiger partial charge in [0.2, 0.25) is 0 Å². The summed E-state index contributed by atoms with van der Waals surface area (Å²) in [5, 5.41) is 4.59. The lowest BCUT2D eigenvalue weighted by molar-refractivity contribution is -0.137. The molecule has 0 aromatic carbocycles. The molecule has 0 bridgehead atoms. The minimum Gasteiger partial charge on any atom is -0.383 e. The van der Waals surface area contributed by atoms with Gasteiger partial charge in [0.05, 0.1) is 17.8 Å². The normalized spacial score (nSPS) is 25.2. The molecule has 2 saturated carbocycles. The molecule has 2 unspecified atom stereocenters. The van der Waals surface area contributed by atoms with Crippen molar-refractivity contribution in [2.45, 2.75) is 64.2 Å². The van der Waals surface area contributed by atoms with Gasteiger partial charge in [0, 0.05) is 35.5 Å². The number of nitrogen functional groups attached to an aromatic ring is 1. The average Bonchev–Trinajstić information content (AvgIpc) is 3.07. The van der Waals surface area contributed by atoms with Gasteiger partial charge in [-0.1, -0.05) is 6.92 Å². The van der Waals surface area contributed by atoms with Gasteiger partial charge in [0.15, 0.2) is 0 Å². The van der Waals surface area contributed by atoms with Crippen LogP contribution in [0.1, 0.15) is 56.8 Å². The van der Waals surface area contributed by atoms with E-state index < -0.39 is 24.0 Å². The van der Waals surface area contributed by atoms with E-state index in [-0.39, 0.29) is 30.1 Å². The van der Waals surface area contributed by atoms with Crippen LogP contribution in [0, 0.1) is 11.8 Å². The summed E-state index contributed by atoms with van der Waals surface area (Å²) in [6, 6.07) is 3.03. The molecule has 32 heavy (non-hydrogen) atoms. The minimum atomic E-state index is -4.59. The van der Waals surface area contributed by atoms with Gasteiger partial charge in [-0.15, -0.1) is 0 Å². The van der Waals surface area contributed by atoms with Gasteiger partial charge < -0.3 is 5.73 Å². The van der Waals surface area contributed by atoms with Crippen LogP contribution in [0.3, 0.4) is 0 Å². The van der Waals surface area contributed by atoms with Crippen molar-refractivity contribution in [3.63, 3.8) is 0 Å². The highest BCUT2D eigenvalue weighted by molar-refractivity contribution is 5.63. The number of pyridine rings is 1. The predicted molar refractivity (Wildman–Crippen MR) is 111 cm³/mol. The molecular formula is C22H28F5N5. The Morgan fingerprint density at radius 3 is 2.38 bits per heavy atom. The molecule has 2 aromatic heterocycles. The Kier molecular flexibility index (Phi) is 5.94. The molecule has 0 radical (unpaired) electrons. The number of anilines is 1. The van der Waals surface area contributed by atoms with Crippen molar-refractivity contribution in [1.82, 2.24) is 19.7 Å². The van der Waals surface area contributed by atoms with Gasteiger partial charge in [-0.2, -0.15) is 18.3 Å². The molecule has 10 heteroatoms. The van der Waals surface area contributed by atoms with E-state index in [4.69, 9.17) is 5.73 Å². The SMILES string of the molecule is CCN(CC(F)F)C1C[C@@H]2C(c3cc(-c4cnc(N)c(C(F)(F)F)c4)nn3C(C)C)[C@@H]2C1. The number of hydrogen-bond donors (Lipinski definition) is 1. The minimum absolute atomic E-state index is 0.0330. The van der Waals surface area contributed by atoms with Crippen LogP contribution in [-0.2, 0) is 6.18 Å². The summed E-state index contributed by atoms with van der Waals surface area (Å²) < 4.78 is 67.4. The fraction of sp³-hybridized carbons (Fsp3) is 0.636. The number of halogens is 5. The second kappa shape index (κ2) is 8.28. The fourth-order valence-electron chi connectivity index (χ4n) is 5.32. The average molecular weight is 457 g/mol. The Bertz CT molecular complexity index is 958. The third-order valence-electron chi connectivity index (χ3n) is 6.83. The molecule has 2 aromatic rings. The monoisotopic (exact) mass is 457 g/mol. The number of alkyl halides is 5. The lowest BCUT2D eigenvalue weighted by Gasteiger charge is -2.29. The van der Waals surface area contributed by atoms with E-state index in [1.54, 1.807) is 0 Å². The second-order valence-corrected chi connectivity index (χ2v) is 9.10. The van der Waals surface area contributed by atoms with Gasteiger partial charge >= 0.3 is 6.18 Å². The maximum atomic E-state index is 13.3. The standard InChI is InChI=1S/C22H28F5N5/c1-4-31(10-19(23)24)13-6-14-15(7-13)20(14)18-8-17(30-32(18)11(2)3)12-5-16(22(25,26)27)21(28)29-9-12/h5,8-9,11,13-15,19-20H,4,6-7,10H2,1-3H3,(H2,28,29)/t13?,14-,15+,20?.